The Bertz CT molecular complexity index is 1400. The van der Waals surface area contributed by atoms with Crippen molar-refractivity contribution < 1.29 is 23.5 Å². The molecule has 1 unspecified atom stereocenters. The van der Waals surface area contributed by atoms with Gasteiger partial charge in [-0.2, -0.15) is 0 Å². The van der Waals surface area contributed by atoms with Gasteiger partial charge in [0.05, 0.1) is 11.6 Å². The third kappa shape index (κ3) is 4.72. The van der Waals surface area contributed by atoms with Crippen molar-refractivity contribution in [2.75, 3.05) is 14.1 Å². The highest BCUT2D eigenvalue weighted by Gasteiger charge is 2.38. The Labute approximate surface area is 209 Å². The Morgan fingerprint density at radius 3 is 2.61 bits per heavy atom. The van der Waals surface area contributed by atoms with Gasteiger partial charge in [-0.25, -0.2) is 8.78 Å². The normalized spacial score (nSPS) is 15.4. The van der Waals surface area contributed by atoms with Crippen molar-refractivity contribution in [3.8, 4) is 16.3 Å². The maximum atomic E-state index is 14.0. The first-order chi connectivity index (χ1) is 17.0. The number of fused-ring (bicyclic) bond motifs is 1. The molecule has 3 aromatic rings. The van der Waals surface area contributed by atoms with E-state index >= 15 is 0 Å². The molecule has 0 fully saturated rings. The van der Waals surface area contributed by atoms with Crippen LogP contribution in [-0.4, -0.2) is 67.7 Å². The van der Waals surface area contributed by atoms with Gasteiger partial charge in [-0.15, -0.1) is 10.2 Å². The van der Waals surface area contributed by atoms with Crippen LogP contribution in [0.1, 0.15) is 41.3 Å². The number of rotatable bonds is 6. The Morgan fingerprint density at radius 2 is 1.97 bits per heavy atom. The summed E-state index contributed by atoms with van der Waals surface area (Å²) in [4.78, 5) is 41.7. The fourth-order valence-electron chi connectivity index (χ4n) is 4.24. The number of amides is 2. The Hall–Kier alpha value is -3.67. The van der Waals surface area contributed by atoms with E-state index in [1.807, 2.05) is 0 Å². The quantitative estimate of drug-likeness (QED) is 0.539. The second-order valence-corrected chi connectivity index (χ2v) is 10.1. The smallest absolute Gasteiger partial charge is 0.275 e. The van der Waals surface area contributed by atoms with Crippen LogP contribution in [0.5, 0.6) is 5.75 Å². The van der Waals surface area contributed by atoms with Crippen LogP contribution in [0, 0.1) is 11.6 Å². The van der Waals surface area contributed by atoms with Crippen molar-refractivity contribution in [1.29, 1.82) is 0 Å². The molecule has 2 aromatic heterocycles. The molecule has 0 saturated heterocycles. The topological polar surface area (TPSA) is 109 Å². The average Bonchev–Trinajstić information content (AvgIpc) is 3.25. The fourth-order valence-corrected chi connectivity index (χ4v) is 5.11. The van der Waals surface area contributed by atoms with Crippen LogP contribution in [0.4, 0.5) is 8.78 Å². The van der Waals surface area contributed by atoms with Crippen molar-refractivity contribution in [2.45, 2.75) is 45.3 Å². The summed E-state index contributed by atoms with van der Waals surface area (Å²) >= 11 is 1.03. The van der Waals surface area contributed by atoms with Crippen LogP contribution < -0.4 is 5.43 Å². The molecule has 0 radical (unpaired) electrons. The molecule has 1 aliphatic rings. The summed E-state index contributed by atoms with van der Waals surface area (Å²) < 4.78 is 28.7. The number of halogens is 2. The zero-order valence-electron chi connectivity index (χ0n) is 20.2. The SMILES string of the molecule is CC(C)N1C(=O)c2c(O)c(=O)c(-c3nnc(Cc4ccc(F)cc4F)s3)cn2CC1CC(=O)N(C)C. The molecule has 190 valence electrons. The molecule has 12 heteroatoms. The molecule has 0 aliphatic carbocycles. The highest BCUT2D eigenvalue weighted by atomic mass is 32.1. The summed E-state index contributed by atoms with van der Waals surface area (Å²) in [5.41, 5.74) is -0.680. The Balaban J connectivity index is 1.71. The maximum Gasteiger partial charge on any atom is 0.275 e. The van der Waals surface area contributed by atoms with Gasteiger partial charge in [-0.1, -0.05) is 17.4 Å². The van der Waals surface area contributed by atoms with E-state index < -0.39 is 34.8 Å². The number of hydrogen-bond acceptors (Lipinski definition) is 7. The monoisotopic (exact) mass is 517 g/mol. The number of aromatic hydroxyl groups is 1. The summed E-state index contributed by atoms with van der Waals surface area (Å²) in [5.74, 6) is -2.82. The molecule has 0 saturated carbocycles. The number of carbonyl (C=O) groups is 2. The largest absolute Gasteiger partial charge is 0.503 e. The molecular formula is C24H25F2N5O4S. The number of benzene rings is 1. The fraction of sp³-hybridized carbons (Fsp3) is 0.375. The predicted octanol–water partition coefficient (Wildman–Crippen LogP) is 2.65. The number of carbonyl (C=O) groups excluding carboxylic acids is 2. The van der Waals surface area contributed by atoms with Crippen molar-refractivity contribution in [3.05, 3.63) is 62.5 Å². The van der Waals surface area contributed by atoms with E-state index in [0.717, 1.165) is 23.5 Å². The van der Waals surface area contributed by atoms with Crippen LogP contribution in [-0.2, 0) is 17.8 Å². The van der Waals surface area contributed by atoms with E-state index in [-0.39, 0.29) is 53.2 Å². The second-order valence-electron chi connectivity index (χ2n) is 9.09. The van der Waals surface area contributed by atoms with E-state index in [4.69, 9.17) is 0 Å². The van der Waals surface area contributed by atoms with Gasteiger partial charge >= 0.3 is 0 Å². The van der Waals surface area contributed by atoms with Crippen LogP contribution in [0.2, 0.25) is 0 Å². The lowest BCUT2D eigenvalue weighted by Crippen LogP contribution is -2.53. The van der Waals surface area contributed by atoms with Crippen molar-refractivity contribution in [1.82, 2.24) is 24.6 Å². The molecular weight excluding hydrogens is 492 g/mol. The lowest BCUT2D eigenvalue weighted by atomic mass is 10.0. The van der Waals surface area contributed by atoms with Gasteiger partial charge in [0.15, 0.2) is 16.5 Å². The molecule has 1 aliphatic heterocycles. The minimum Gasteiger partial charge on any atom is -0.503 e. The molecule has 9 nitrogen and oxygen atoms in total. The first-order valence-electron chi connectivity index (χ1n) is 11.2. The van der Waals surface area contributed by atoms with Crippen molar-refractivity contribution in [3.63, 3.8) is 0 Å². The number of hydrogen-bond donors (Lipinski definition) is 1. The van der Waals surface area contributed by atoms with Gasteiger partial charge in [0.2, 0.25) is 11.3 Å². The summed E-state index contributed by atoms with van der Waals surface area (Å²) in [6, 6.07) is 2.48. The standard InChI is InChI=1S/C24H25F2N5O4S/c1-12(2)31-15(9-19(32)29(3)4)10-30-11-16(21(33)22(34)20(30)24(31)35)23-28-27-18(36-23)7-13-5-6-14(25)8-17(13)26/h5-6,8,11-12,15,34H,7,9-10H2,1-4H3. The molecule has 2 amide bonds. The lowest BCUT2D eigenvalue weighted by molar-refractivity contribution is -0.130. The molecule has 4 rings (SSSR count). The molecule has 36 heavy (non-hydrogen) atoms. The molecule has 1 N–H and O–H groups in total. The summed E-state index contributed by atoms with van der Waals surface area (Å²) in [5, 5.41) is 19.3. The van der Waals surface area contributed by atoms with Crippen molar-refractivity contribution in [2.24, 2.45) is 0 Å². The first-order valence-corrected chi connectivity index (χ1v) is 12.1. The van der Waals surface area contributed by atoms with Crippen LogP contribution in [0.25, 0.3) is 10.6 Å². The highest BCUT2D eigenvalue weighted by molar-refractivity contribution is 7.14. The van der Waals surface area contributed by atoms with E-state index in [1.165, 1.54) is 26.6 Å². The van der Waals surface area contributed by atoms with E-state index in [2.05, 4.69) is 10.2 Å². The van der Waals surface area contributed by atoms with E-state index in [9.17, 15) is 28.3 Å². The van der Waals surface area contributed by atoms with E-state index in [0.29, 0.717) is 5.01 Å². The second kappa shape index (κ2) is 9.76. The molecule has 0 spiro atoms. The van der Waals surface area contributed by atoms with Gasteiger partial charge in [0.1, 0.15) is 16.6 Å². The lowest BCUT2D eigenvalue weighted by Gasteiger charge is -2.40. The molecule has 1 atom stereocenters. The summed E-state index contributed by atoms with van der Waals surface area (Å²) in [6.45, 7) is 3.79. The third-order valence-corrected chi connectivity index (χ3v) is 6.97. The van der Waals surface area contributed by atoms with Gasteiger partial charge in [-0.3, -0.25) is 14.4 Å². The predicted molar refractivity (Wildman–Crippen MR) is 129 cm³/mol. The minimum absolute atomic E-state index is 0.0306. The Kier molecular flexibility index (Phi) is 6.90. The minimum atomic E-state index is -0.781. The third-order valence-electron chi connectivity index (χ3n) is 6.01. The van der Waals surface area contributed by atoms with Crippen LogP contribution >= 0.6 is 11.3 Å². The van der Waals surface area contributed by atoms with Crippen molar-refractivity contribution >= 4 is 23.2 Å². The highest BCUT2D eigenvalue weighted by Crippen LogP contribution is 2.31. The molecule has 3 heterocycles. The number of aromatic nitrogens is 3. The molecule has 0 bridgehead atoms. The Morgan fingerprint density at radius 1 is 1.25 bits per heavy atom. The summed E-state index contributed by atoms with van der Waals surface area (Å²) in [7, 11) is 3.26. The molecule has 1 aromatic carbocycles. The van der Waals surface area contributed by atoms with Crippen LogP contribution in [0.3, 0.4) is 0 Å². The van der Waals surface area contributed by atoms with Gasteiger partial charge in [0, 0.05) is 51.8 Å². The summed E-state index contributed by atoms with van der Waals surface area (Å²) in [6.07, 6.45) is 1.55. The van der Waals surface area contributed by atoms with Crippen LogP contribution in [0.15, 0.2) is 29.2 Å². The average molecular weight is 518 g/mol. The zero-order valence-corrected chi connectivity index (χ0v) is 21.0. The van der Waals surface area contributed by atoms with Gasteiger partial charge in [0.25, 0.3) is 5.91 Å². The zero-order chi connectivity index (χ0) is 26.3. The van der Waals surface area contributed by atoms with Gasteiger partial charge < -0.3 is 19.5 Å². The van der Waals surface area contributed by atoms with Gasteiger partial charge in [-0.05, 0) is 25.5 Å². The first kappa shape index (κ1) is 25.4. The maximum absolute atomic E-state index is 14.0. The van der Waals surface area contributed by atoms with E-state index in [1.54, 1.807) is 27.9 Å². The number of nitrogens with zero attached hydrogens (tertiary/aromatic N) is 5. The number of pyridine rings is 1.